The molecule has 20 heavy (non-hydrogen) atoms. The van der Waals surface area contributed by atoms with Crippen molar-refractivity contribution in [3.8, 4) is 6.07 Å². The van der Waals surface area contributed by atoms with Gasteiger partial charge in [-0.15, -0.1) is 11.3 Å². The molecule has 0 aliphatic carbocycles. The molecule has 0 atom stereocenters. The van der Waals surface area contributed by atoms with Gasteiger partial charge in [0.1, 0.15) is 0 Å². The Hall–Kier alpha value is -2.16. The van der Waals surface area contributed by atoms with E-state index in [9.17, 15) is 9.59 Å². The minimum absolute atomic E-state index is 0.237. The van der Waals surface area contributed by atoms with E-state index in [-0.39, 0.29) is 18.0 Å². The lowest BCUT2D eigenvalue weighted by Crippen LogP contribution is -2.13. The maximum absolute atomic E-state index is 11.7. The molecule has 2 rings (SSSR count). The number of carbonyl (C=O) groups is 2. The topological polar surface area (TPSA) is 67.2 Å². The van der Waals surface area contributed by atoms with E-state index in [0.29, 0.717) is 14.8 Å². The maximum Gasteiger partial charge on any atom is 0.338 e. The van der Waals surface area contributed by atoms with Crippen molar-refractivity contribution in [1.29, 1.82) is 5.26 Å². The molecule has 1 heterocycles. The lowest BCUT2D eigenvalue weighted by atomic mass is 10.1. The predicted octanol–water partition coefficient (Wildman–Crippen LogP) is 3.31. The molecule has 0 N–H and O–H groups in total. The van der Waals surface area contributed by atoms with Gasteiger partial charge in [-0.3, -0.25) is 4.79 Å². The molecular formula is C14H8ClNO3S. The third kappa shape index (κ3) is 3.44. The Morgan fingerprint density at radius 3 is 2.75 bits per heavy atom. The summed E-state index contributed by atoms with van der Waals surface area (Å²) in [7, 11) is 0. The Kier molecular flexibility index (Phi) is 4.51. The van der Waals surface area contributed by atoms with Gasteiger partial charge in [-0.05, 0) is 30.3 Å². The monoisotopic (exact) mass is 305 g/mol. The first kappa shape index (κ1) is 14.3. The Balaban J connectivity index is 1.98. The molecule has 0 saturated carbocycles. The largest absolute Gasteiger partial charge is 0.454 e. The van der Waals surface area contributed by atoms with Crippen molar-refractivity contribution in [2.24, 2.45) is 0 Å². The van der Waals surface area contributed by atoms with Crippen molar-refractivity contribution in [2.45, 2.75) is 0 Å². The van der Waals surface area contributed by atoms with Crippen molar-refractivity contribution < 1.29 is 14.3 Å². The standard InChI is InChI=1S/C14H8ClNO3S/c15-13-5-4-12(20-13)11(17)8-19-14(18)10-3-1-2-9(6-10)7-16/h1-6H,8H2. The number of benzene rings is 1. The molecule has 0 spiro atoms. The number of halogens is 1. The second kappa shape index (κ2) is 6.33. The molecule has 0 aliphatic rings. The zero-order valence-corrected chi connectivity index (χ0v) is 11.7. The van der Waals surface area contributed by atoms with Gasteiger partial charge in [0.2, 0.25) is 5.78 Å². The summed E-state index contributed by atoms with van der Waals surface area (Å²) >= 11 is 6.86. The Bertz CT molecular complexity index is 702. The van der Waals surface area contributed by atoms with Crippen LogP contribution in [0.1, 0.15) is 25.6 Å². The number of rotatable bonds is 4. The second-order valence-electron chi connectivity index (χ2n) is 3.80. The van der Waals surface area contributed by atoms with E-state index in [0.717, 1.165) is 11.3 Å². The number of nitrogens with zero attached hydrogens (tertiary/aromatic N) is 1. The van der Waals surface area contributed by atoms with Crippen molar-refractivity contribution in [2.75, 3.05) is 6.61 Å². The number of nitriles is 1. The fourth-order valence-corrected chi connectivity index (χ4v) is 2.43. The first-order valence-corrected chi connectivity index (χ1v) is 6.75. The fraction of sp³-hybridized carbons (Fsp3) is 0.0714. The number of ketones is 1. The summed E-state index contributed by atoms with van der Waals surface area (Å²) in [5.74, 6) is -0.954. The third-order valence-electron chi connectivity index (χ3n) is 2.41. The number of carbonyl (C=O) groups excluding carboxylic acids is 2. The van der Waals surface area contributed by atoms with Crippen molar-refractivity contribution in [1.82, 2.24) is 0 Å². The van der Waals surface area contributed by atoms with Crippen LogP contribution in [0.3, 0.4) is 0 Å². The number of Topliss-reactive ketones (excluding diaryl/α,β-unsaturated/α-hetero) is 1. The van der Waals surface area contributed by atoms with E-state index >= 15 is 0 Å². The third-order valence-corrected chi connectivity index (χ3v) is 3.68. The highest BCUT2D eigenvalue weighted by Gasteiger charge is 2.13. The van der Waals surface area contributed by atoms with Gasteiger partial charge in [-0.25, -0.2) is 4.79 Å². The number of hydrogen-bond donors (Lipinski definition) is 0. The van der Waals surface area contributed by atoms with Crippen LogP contribution in [0.25, 0.3) is 0 Å². The lowest BCUT2D eigenvalue weighted by Gasteiger charge is -2.03. The smallest absolute Gasteiger partial charge is 0.338 e. The fourth-order valence-electron chi connectivity index (χ4n) is 1.47. The SMILES string of the molecule is N#Cc1cccc(C(=O)OCC(=O)c2ccc(Cl)s2)c1. The van der Waals surface area contributed by atoms with E-state index in [4.69, 9.17) is 21.6 Å². The van der Waals surface area contributed by atoms with Crippen molar-refractivity contribution in [3.63, 3.8) is 0 Å². The van der Waals surface area contributed by atoms with Gasteiger partial charge in [0.15, 0.2) is 6.61 Å². The van der Waals surface area contributed by atoms with E-state index < -0.39 is 5.97 Å². The van der Waals surface area contributed by atoms with Crippen LogP contribution in [0.2, 0.25) is 4.34 Å². The molecule has 6 heteroatoms. The van der Waals surface area contributed by atoms with Gasteiger partial charge >= 0.3 is 5.97 Å². The van der Waals surface area contributed by atoms with E-state index in [1.807, 2.05) is 6.07 Å². The highest BCUT2D eigenvalue weighted by atomic mass is 35.5. The normalized spacial score (nSPS) is 9.80. The highest BCUT2D eigenvalue weighted by molar-refractivity contribution is 7.18. The summed E-state index contributed by atoms with van der Waals surface area (Å²) in [5.41, 5.74) is 0.594. The lowest BCUT2D eigenvalue weighted by molar-refractivity contribution is 0.0476. The van der Waals surface area contributed by atoms with Gasteiger partial charge in [0, 0.05) is 0 Å². The molecule has 1 aromatic carbocycles. The molecule has 0 aliphatic heterocycles. The van der Waals surface area contributed by atoms with E-state index in [2.05, 4.69) is 0 Å². The highest BCUT2D eigenvalue weighted by Crippen LogP contribution is 2.21. The Morgan fingerprint density at radius 2 is 2.10 bits per heavy atom. The molecule has 2 aromatic rings. The van der Waals surface area contributed by atoms with E-state index in [1.165, 1.54) is 12.1 Å². The molecular weight excluding hydrogens is 298 g/mol. The second-order valence-corrected chi connectivity index (χ2v) is 5.51. The van der Waals surface area contributed by atoms with Gasteiger partial charge in [0.25, 0.3) is 0 Å². The van der Waals surface area contributed by atoms with Gasteiger partial charge in [-0.2, -0.15) is 5.26 Å². The molecule has 4 nitrogen and oxygen atoms in total. The molecule has 0 radical (unpaired) electrons. The van der Waals surface area contributed by atoms with E-state index in [1.54, 1.807) is 24.3 Å². The molecule has 0 amide bonds. The van der Waals surface area contributed by atoms with Gasteiger partial charge in [-0.1, -0.05) is 17.7 Å². The van der Waals surface area contributed by atoms with Gasteiger partial charge in [0.05, 0.1) is 26.4 Å². The average Bonchev–Trinajstić information content (AvgIpc) is 2.91. The van der Waals surface area contributed by atoms with Gasteiger partial charge < -0.3 is 4.74 Å². The number of esters is 1. The number of hydrogen-bond acceptors (Lipinski definition) is 5. The maximum atomic E-state index is 11.7. The van der Waals surface area contributed by atoms with Crippen LogP contribution in [-0.2, 0) is 4.74 Å². The minimum atomic E-state index is -0.641. The molecule has 1 aromatic heterocycles. The molecule has 0 saturated heterocycles. The Morgan fingerprint density at radius 1 is 1.30 bits per heavy atom. The Labute approximate surface area is 124 Å². The number of ether oxygens (including phenoxy) is 1. The first-order valence-electron chi connectivity index (χ1n) is 5.56. The summed E-state index contributed by atoms with van der Waals surface area (Å²) in [5, 5.41) is 8.75. The molecule has 0 bridgehead atoms. The molecule has 0 fully saturated rings. The number of thiophene rings is 1. The quantitative estimate of drug-likeness (QED) is 0.642. The molecule has 100 valence electrons. The van der Waals surface area contributed by atoms with Crippen molar-refractivity contribution >= 4 is 34.7 Å². The minimum Gasteiger partial charge on any atom is -0.454 e. The zero-order chi connectivity index (χ0) is 14.5. The zero-order valence-electron chi connectivity index (χ0n) is 10.1. The predicted molar refractivity (Wildman–Crippen MR) is 75.1 cm³/mol. The van der Waals surface area contributed by atoms with Crippen LogP contribution in [-0.4, -0.2) is 18.4 Å². The molecule has 0 unspecified atom stereocenters. The van der Waals surface area contributed by atoms with Crippen LogP contribution in [0.15, 0.2) is 36.4 Å². The first-order chi connectivity index (χ1) is 9.60. The summed E-state index contributed by atoms with van der Waals surface area (Å²) in [6.07, 6.45) is 0. The summed E-state index contributed by atoms with van der Waals surface area (Å²) in [6.45, 7) is -0.355. The summed E-state index contributed by atoms with van der Waals surface area (Å²) in [6, 6.07) is 11.2. The average molecular weight is 306 g/mol. The summed E-state index contributed by atoms with van der Waals surface area (Å²) in [4.78, 5) is 23.9. The van der Waals surface area contributed by atoms with Crippen LogP contribution < -0.4 is 0 Å². The van der Waals surface area contributed by atoms with Crippen molar-refractivity contribution in [3.05, 3.63) is 56.7 Å². The van der Waals surface area contributed by atoms with Crippen LogP contribution in [0.5, 0.6) is 0 Å². The van der Waals surface area contributed by atoms with Crippen LogP contribution >= 0.6 is 22.9 Å². The van der Waals surface area contributed by atoms with Crippen LogP contribution in [0.4, 0.5) is 0 Å². The van der Waals surface area contributed by atoms with Crippen LogP contribution in [0, 0.1) is 11.3 Å². The summed E-state index contributed by atoms with van der Waals surface area (Å²) < 4.78 is 5.42.